The van der Waals surface area contributed by atoms with E-state index >= 15 is 0 Å². The van der Waals surface area contributed by atoms with E-state index in [1.54, 1.807) is 11.1 Å². The van der Waals surface area contributed by atoms with Crippen molar-refractivity contribution in [3.8, 4) is 0 Å². The molecular formula is C22H20F2N4O. The number of rotatable bonds is 4. The molecule has 1 fully saturated rings. The molecule has 1 saturated heterocycles. The molecule has 2 aromatic carbocycles. The standard InChI is InChI=1S/C22H20F2N4O/c23-16-8-9-19(24)18(13-16)21(29)28-12-4-5-15(14-28)20-10-11-25-22(27-20)26-17-6-2-1-3-7-17/h1-3,6-11,13,15H,4-5,12,14H2,(H,25,26,27)/t15-/m1/s1. The molecule has 1 N–H and O–H groups in total. The van der Waals surface area contributed by atoms with E-state index < -0.39 is 17.5 Å². The van der Waals surface area contributed by atoms with Crippen molar-refractivity contribution in [1.82, 2.24) is 14.9 Å². The lowest BCUT2D eigenvalue weighted by Gasteiger charge is -2.32. The van der Waals surface area contributed by atoms with Crippen molar-refractivity contribution in [3.63, 3.8) is 0 Å². The van der Waals surface area contributed by atoms with E-state index in [0.29, 0.717) is 19.0 Å². The molecule has 0 saturated carbocycles. The number of hydrogen-bond acceptors (Lipinski definition) is 4. The van der Waals surface area contributed by atoms with Crippen LogP contribution in [0.15, 0.2) is 60.8 Å². The molecule has 0 unspecified atom stereocenters. The number of piperidine rings is 1. The summed E-state index contributed by atoms with van der Waals surface area (Å²) < 4.78 is 27.5. The lowest BCUT2D eigenvalue weighted by atomic mass is 9.94. The zero-order valence-corrected chi connectivity index (χ0v) is 15.7. The fraction of sp³-hybridized carbons (Fsp3) is 0.227. The number of hydrogen-bond donors (Lipinski definition) is 1. The molecule has 0 bridgehead atoms. The predicted octanol–water partition coefficient (Wildman–Crippen LogP) is 4.52. The van der Waals surface area contributed by atoms with Crippen molar-refractivity contribution in [1.29, 1.82) is 0 Å². The third-order valence-corrected chi connectivity index (χ3v) is 4.99. The molecular weight excluding hydrogens is 374 g/mol. The molecule has 0 spiro atoms. The fourth-order valence-corrected chi connectivity index (χ4v) is 3.55. The van der Waals surface area contributed by atoms with Crippen molar-refractivity contribution in [2.45, 2.75) is 18.8 Å². The van der Waals surface area contributed by atoms with Gasteiger partial charge in [-0.25, -0.2) is 18.7 Å². The summed E-state index contributed by atoms with van der Waals surface area (Å²) in [5.74, 6) is -1.36. The van der Waals surface area contributed by atoms with E-state index in [0.717, 1.165) is 42.4 Å². The zero-order chi connectivity index (χ0) is 20.2. The first-order chi connectivity index (χ1) is 14.1. The summed E-state index contributed by atoms with van der Waals surface area (Å²) in [4.78, 5) is 23.2. The van der Waals surface area contributed by atoms with Gasteiger partial charge in [-0.05, 0) is 49.2 Å². The normalized spacial score (nSPS) is 16.5. The van der Waals surface area contributed by atoms with Gasteiger partial charge in [-0.15, -0.1) is 0 Å². The van der Waals surface area contributed by atoms with Gasteiger partial charge < -0.3 is 10.2 Å². The second-order valence-electron chi connectivity index (χ2n) is 7.01. The van der Waals surface area contributed by atoms with Gasteiger partial charge in [0.15, 0.2) is 0 Å². The number of benzene rings is 2. The van der Waals surface area contributed by atoms with E-state index in [1.165, 1.54) is 0 Å². The second kappa shape index (κ2) is 8.34. The van der Waals surface area contributed by atoms with Crippen LogP contribution in [0.3, 0.4) is 0 Å². The molecule has 29 heavy (non-hydrogen) atoms. The maximum Gasteiger partial charge on any atom is 0.256 e. The first kappa shape index (κ1) is 19.0. The maximum atomic E-state index is 14.0. The van der Waals surface area contributed by atoms with Crippen LogP contribution in [-0.4, -0.2) is 33.9 Å². The molecule has 5 nitrogen and oxygen atoms in total. The minimum atomic E-state index is -0.713. The van der Waals surface area contributed by atoms with Crippen LogP contribution in [-0.2, 0) is 0 Å². The Morgan fingerprint density at radius 3 is 2.76 bits per heavy atom. The molecule has 1 amide bonds. The summed E-state index contributed by atoms with van der Waals surface area (Å²) in [5.41, 5.74) is 1.46. The Morgan fingerprint density at radius 1 is 1.10 bits per heavy atom. The van der Waals surface area contributed by atoms with Gasteiger partial charge >= 0.3 is 0 Å². The van der Waals surface area contributed by atoms with Gasteiger partial charge in [0, 0.05) is 30.9 Å². The van der Waals surface area contributed by atoms with Crippen molar-refractivity contribution < 1.29 is 13.6 Å². The molecule has 7 heteroatoms. The van der Waals surface area contributed by atoms with Crippen LogP contribution in [0.4, 0.5) is 20.4 Å². The van der Waals surface area contributed by atoms with Gasteiger partial charge in [-0.1, -0.05) is 18.2 Å². The summed E-state index contributed by atoms with van der Waals surface area (Å²) in [5, 5.41) is 3.16. The van der Waals surface area contributed by atoms with Crippen molar-refractivity contribution in [3.05, 3.63) is 83.7 Å². The number of aromatic nitrogens is 2. The minimum Gasteiger partial charge on any atom is -0.338 e. The first-order valence-corrected chi connectivity index (χ1v) is 9.49. The number of halogens is 2. The summed E-state index contributed by atoms with van der Waals surface area (Å²) in [6.07, 6.45) is 3.30. The van der Waals surface area contributed by atoms with Gasteiger partial charge in [0.2, 0.25) is 5.95 Å². The highest BCUT2D eigenvalue weighted by molar-refractivity contribution is 5.94. The Labute approximate surface area is 167 Å². The highest BCUT2D eigenvalue weighted by atomic mass is 19.1. The predicted molar refractivity (Wildman–Crippen MR) is 106 cm³/mol. The van der Waals surface area contributed by atoms with E-state index in [-0.39, 0.29) is 11.5 Å². The molecule has 1 aliphatic heterocycles. The third-order valence-electron chi connectivity index (χ3n) is 4.99. The molecule has 2 heterocycles. The topological polar surface area (TPSA) is 58.1 Å². The SMILES string of the molecule is O=C(c1cc(F)ccc1F)N1CCC[C@@H](c2ccnc(Nc3ccccc3)n2)C1. The first-order valence-electron chi connectivity index (χ1n) is 9.49. The van der Waals surface area contributed by atoms with E-state index in [2.05, 4.69) is 15.3 Å². The molecule has 1 aliphatic rings. The highest BCUT2D eigenvalue weighted by Crippen LogP contribution is 2.28. The van der Waals surface area contributed by atoms with E-state index in [9.17, 15) is 13.6 Å². The number of nitrogens with one attached hydrogen (secondary N) is 1. The van der Waals surface area contributed by atoms with Crippen molar-refractivity contribution in [2.24, 2.45) is 0 Å². The molecule has 1 aromatic heterocycles. The third kappa shape index (κ3) is 4.39. The number of carbonyl (C=O) groups is 1. The molecule has 0 radical (unpaired) electrons. The summed E-state index contributed by atoms with van der Waals surface area (Å²) in [6, 6.07) is 14.4. The lowest BCUT2D eigenvalue weighted by Crippen LogP contribution is -2.39. The molecule has 148 valence electrons. The maximum absolute atomic E-state index is 14.0. The van der Waals surface area contributed by atoms with Gasteiger partial charge in [0.05, 0.1) is 11.3 Å². The summed E-state index contributed by atoms with van der Waals surface area (Å²) in [7, 11) is 0. The average Bonchev–Trinajstić information content (AvgIpc) is 2.76. The largest absolute Gasteiger partial charge is 0.338 e. The Balaban J connectivity index is 1.50. The van der Waals surface area contributed by atoms with Crippen LogP contribution in [0, 0.1) is 11.6 Å². The minimum absolute atomic E-state index is 0.00337. The van der Waals surface area contributed by atoms with Gasteiger partial charge in [0.25, 0.3) is 5.91 Å². The summed E-state index contributed by atoms with van der Waals surface area (Å²) in [6.45, 7) is 0.905. The number of para-hydroxylation sites is 1. The Kier molecular flexibility index (Phi) is 5.46. The van der Waals surface area contributed by atoms with Gasteiger partial charge in [-0.2, -0.15) is 0 Å². The molecule has 4 rings (SSSR count). The monoisotopic (exact) mass is 394 g/mol. The number of amides is 1. The van der Waals surface area contributed by atoms with Gasteiger partial charge in [-0.3, -0.25) is 4.79 Å². The number of likely N-dealkylation sites (tertiary alicyclic amines) is 1. The average molecular weight is 394 g/mol. The zero-order valence-electron chi connectivity index (χ0n) is 15.7. The van der Waals surface area contributed by atoms with Crippen LogP contribution in [0.25, 0.3) is 0 Å². The summed E-state index contributed by atoms with van der Waals surface area (Å²) >= 11 is 0. The smallest absolute Gasteiger partial charge is 0.256 e. The molecule has 3 aromatic rings. The number of anilines is 2. The Morgan fingerprint density at radius 2 is 1.93 bits per heavy atom. The number of carbonyl (C=O) groups excluding carboxylic acids is 1. The van der Waals surface area contributed by atoms with Crippen molar-refractivity contribution in [2.75, 3.05) is 18.4 Å². The Bertz CT molecular complexity index is 1010. The number of nitrogens with zero attached hydrogens (tertiary/aromatic N) is 3. The Hall–Kier alpha value is -3.35. The second-order valence-corrected chi connectivity index (χ2v) is 7.01. The highest BCUT2D eigenvalue weighted by Gasteiger charge is 2.28. The van der Waals surface area contributed by atoms with Crippen LogP contribution < -0.4 is 5.32 Å². The van der Waals surface area contributed by atoms with Crippen LogP contribution in [0.2, 0.25) is 0 Å². The quantitative estimate of drug-likeness (QED) is 0.707. The molecule has 0 aliphatic carbocycles. The van der Waals surface area contributed by atoms with Crippen LogP contribution in [0.1, 0.15) is 34.8 Å². The van der Waals surface area contributed by atoms with Crippen molar-refractivity contribution >= 4 is 17.5 Å². The van der Waals surface area contributed by atoms with Crippen LogP contribution in [0.5, 0.6) is 0 Å². The fourth-order valence-electron chi connectivity index (χ4n) is 3.55. The molecule has 1 atom stereocenters. The van der Waals surface area contributed by atoms with Crippen LogP contribution >= 0.6 is 0 Å². The van der Waals surface area contributed by atoms with E-state index in [1.807, 2.05) is 36.4 Å². The van der Waals surface area contributed by atoms with Gasteiger partial charge in [0.1, 0.15) is 11.6 Å². The lowest BCUT2D eigenvalue weighted by molar-refractivity contribution is 0.0700. The van der Waals surface area contributed by atoms with E-state index in [4.69, 9.17) is 0 Å².